The first-order chi connectivity index (χ1) is 14.2. The van der Waals surface area contributed by atoms with Crippen LogP contribution >= 0.6 is 0 Å². The van der Waals surface area contributed by atoms with E-state index in [-0.39, 0.29) is 11.9 Å². The van der Waals surface area contributed by atoms with Gasteiger partial charge in [0.1, 0.15) is 5.75 Å². The van der Waals surface area contributed by atoms with Crippen LogP contribution in [0.15, 0.2) is 24.3 Å². The number of amides is 2. The number of hydrogen-bond acceptors (Lipinski definition) is 3. The number of nitrogens with zero attached hydrogens (tertiary/aromatic N) is 1. The zero-order valence-electron chi connectivity index (χ0n) is 19.3. The van der Waals surface area contributed by atoms with Crippen molar-refractivity contribution in [2.75, 3.05) is 39.1 Å². The van der Waals surface area contributed by atoms with Crippen LogP contribution in [0.1, 0.15) is 59.1 Å². The maximum absolute atomic E-state index is 12.5. The van der Waals surface area contributed by atoms with Crippen molar-refractivity contribution < 1.29 is 9.53 Å². The Morgan fingerprint density at radius 2 is 1.77 bits per heavy atom. The molecule has 2 aromatic carbocycles. The predicted octanol–water partition coefficient (Wildman–Crippen LogP) is 4.94. The van der Waals surface area contributed by atoms with Crippen LogP contribution in [0.5, 0.6) is 5.75 Å². The Labute approximate surface area is 180 Å². The third kappa shape index (κ3) is 4.46. The van der Waals surface area contributed by atoms with E-state index < -0.39 is 0 Å². The van der Waals surface area contributed by atoms with Crippen molar-refractivity contribution in [3.63, 3.8) is 0 Å². The summed E-state index contributed by atoms with van der Waals surface area (Å²) in [5, 5.41) is 6.04. The Balaban J connectivity index is 1.90. The molecule has 1 unspecified atom stereocenters. The molecule has 5 nitrogen and oxygen atoms in total. The molecule has 2 aromatic rings. The average Bonchev–Trinajstić information content (AvgIpc) is 3.14. The van der Waals surface area contributed by atoms with E-state index in [9.17, 15) is 4.79 Å². The van der Waals surface area contributed by atoms with Gasteiger partial charge < -0.3 is 20.3 Å². The molecule has 0 fully saturated rings. The van der Waals surface area contributed by atoms with Crippen LogP contribution in [0.4, 0.5) is 10.5 Å². The molecule has 1 heterocycles. The van der Waals surface area contributed by atoms with E-state index in [1.165, 1.54) is 16.7 Å². The average molecular weight is 410 g/mol. The van der Waals surface area contributed by atoms with Gasteiger partial charge in [-0.1, -0.05) is 38.1 Å². The van der Waals surface area contributed by atoms with Gasteiger partial charge in [-0.25, -0.2) is 4.79 Å². The van der Waals surface area contributed by atoms with Crippen molar-refractivity contribution in [2.45, 2.75) is 46.5 Å². The smallest absolute Gasteiger partial charge is 0.319 e. The summed E-state index contributed by atoms with van der Waals surface area (Å²) in [6.45, 7) is 12.7. The summed E-state index contributed by atoms with van der Waals surface area (Å²) in [4.78, 5) is 14.5. The fourth-order valence-electron chi connectivity index (χ4n) is 4.12. The minimum Gasteiger partial charge on any atom is -0.492 e. The standard InChI is InChI=1S/C25H35N3O2/c1-15(2)19-8-10-20(11-9-19)21-14-30-24-17(4)16(3)23(18(5)22(21)24)27-25(29)26-12-13-28(6)7/h8-11,15,21H,12-14H2,1-7H3,(H2,26,27,29). The van der Waals surface area contributed by atoms with Crippen molar-refractivity contribution in [3.05, 3.63) is 57.6 Å². The van der Waals surface area contributed by atoms with E-state index in [2.05, 4.69) is 62.6 Å². The normalized spacial score (nSPS) is 15.3. The Hall–Kier alpha value is -2.53. The van der Waals surface area contributed by atoms with Gasteiger partial charge >= 0.3 is 6.03 Å². The van der Waals surface area contributed by atoms with E-state index in [1.54, 1.807) is 0 Å². The van der Waals surface area contributed by atoms with Crippen LogP contribution in [0, 0.1) is 20.8 Å². The van der Waals surface area contributed by atoms with Crippen LogP contribution in [-0.2, 0) is 0 Å². The highest BCUT2D eigenvalue weighted by molar-refractivity contribution is 5.92. The summed E-state index contributed by atoms with van der Waals surface area (Å²) < 4.78 is 6.15. The molecule has 1 atom stereocenters. The second-order valence-corrected chi connectivity index (χ2v) is 8.86. The minimum absolute atomic E-state index is 0.167. The highest BCUT2D eigenvalue weighted by Crippen LogP contribution is 2.46. The SMILES string of the molecule is Cc1c(C)c2c(c(C)c1NC(=O)NCCN(C)C)C(c1ccc(C(C)C)cc1)CO2. The van der Waals surface area contributed by atoms with E-state index >= 15 is 0 Å². The van der Waals surface area contributed by atoms with Crippen molar-refractivity contribution in [1.29, 1.82) is 0 Å². The molecule has 0 saturated heterocycles. The molecule has 3 rings (SSSR count). The third-order valence-electron chi connectivity index (χ3n) is 6.13. The first-order valence-electron chi connectivity index (χ1n) is 10.8. The lowest BCUT2D eigenvalue weighted by Crippen LogP contribution is -2.34. The first-order valence-corrected chi connectivity index (χ1v) is 10.8. The molecule has 5 heteroatoms. The van der Waals surface area contributed by atoms with Gasteiger partial charge in [-0.05, 0) is 68.6 Å². The maximum Gasteiger partial charge on any atom is 0.319 e. The van der Waals surface area contributed by atoms with Crippen LogP contribution in [-0.4, -0.2) is 44.7 Å². The highest BCUT2D eigenvalue weighted by Gasteiger charge is 2.32. The number of rotatable bonds is 6. The van der Waals surface area contributed by atoms with Crippen molar-refractivity contribution in [1.82, 2.24) is 10.2 Å². The molecule has 0 aliphatic carbocycles. The summed E-state index contributed by atoms with van der Waals surface area (Å²) in [7, 11) is 3.98. The molecule has 0 radical (unpaired) electrons. The number of carbonyl (C=O) groups is 1. The van der Waals surface area contributed by atoms with Crippen molar-refractivity contribution >= 4 is 11.7 Å². The largest absolute Gasteiger partial charge is 0.492 e. The summed E-state index contributed by atoms with van der Waals surface area (Å²) in [6.07, 6.45) is 0. The lowest BCUT2D eigenvalue weighted by molar-refractivity contribution is 0.250. The first kappa shape index (κ1) is 22.2. The van der Waals surface area contributed by atoms with E-state index in [4.69, 9.17) is 4.74 Å². The molecular weight excluding hydrogens is 374 g/mol. The van der Waals surface area contributed by atoms with Crippen LogP contribution in [0.25, 0.3) is 0 Å². The van der Waals surface area contributed by atoms with Gasteiger partial charge in [0.15, 0.2) is 0 Å². The molecule has 30 heavy (non-hydrogen) atoms. The van der Waals surface area contributed by atoms with Crippen LogP contribution in [0.2, 0.25) is 0 Å². The molecule has 0 spiro atoms. The van der Waals surface area contributed by atoms with Gasteiger partial charge in [0.25, 0.3) is 0 Å². The predicted molar refractivity (Wildman–Crippen MR) is 124 cm³/mol. The Morgan fingerprint density at radius 3 is 2.37 bits per heavy atom. The summed E-state index contributed by atoms with van der Waals surface area (Å²) in [5.41, 5.74) is 7.93. The molecule has 1 aliphatic heterocycles. The summed E-state index contributed by atoms with van der Waals surface area (Å²) >= 11 is 0. The molecule has 2 N–H and O–H groups in total. The third-order valence-corrected chi connectivity index (χ3v) is 6.13. The second-order valence-electron chi connectivity index (χ2n) is 8.86. The van der Waals surface area contributed by atoms with E-state index in [0.29, 0.717) is 19.1 Å². The van der Waals surface area contributed by atoms with Gasteiger partial charge in [-0.2, -0.15) is 0 Å². The number of likely N-dealkylation sites (N-methyl/N-ethyl adjacent to an activating group) is 1. The molecule has 2 amide bonds. The van der Waals surface area contributed by atoms with Crippen molar-refractivity contribution in [3.8, 4) is 5.75 Å². The molecule has 0 saturated carbocycles. The fraction of sp³-hybridized carbons (Fsp3) is 0.480. The number of nitrogens with one attached hydrogen (secondary N) is 2. The quantitative estimate of drug-likeness (QED) is 0.710. The van der Waals surface area contributed by atoms with Crippen molar-refractivity contribution in [2.24, 2.45) is 0 Å². The minimum atomic E-state index is -0.167. The zero-order valence-corrected chi connectivity index (χ0v) is 19.3. The number of hydrogen-bond donors (Lipinski definition) is 2. The Kier molecular flexibility index (Phi) is 6.71. The lowest BCUT2D eigenvalue weighted by Gasteiger charge is -2.20. The highest BCUT2D eigenvalue weighted by atomic mass is 16.5. The van der Waals surface area contributed by atoms with Crippen LogP contribution < -0.4 is 15.4 Å². The van der Waals surface area contributed by atoms with Gasteiger partial charge in [-0.3, -0.25) is 0 Å². The number of benzene rings is 2. The van der Waals surface area contributed by atoms with E-state index in [0.717, 1.165) is 34.7 Å². The van der Waals surface area contributed by atoms with Gasteiger partial charge in [0.2, 0.25) is 0 Å². The topological polar surface area (TPSA) is 53.6 Å². The fourth-order valence-corrected chi connectivity index (χ4v) is 4.12. The van der Waals surface area contributed by atoms with Gasteiger partial charge in [0.05, 0.1) is 6.61 Å². The van der Waals surface area contributed by atoms with Gasteiger partial charge in [0, 0.05) is 30.3 Å². The van der Waals surface area contributed by atoms with E-state index in [1.807, 2.05) is 25.9 Å². The zero-order chi connectivity index (χ0) is 22.0. The monoisotopic (exact) mass is 409 g/mol. The number of urea groups is 1. The van der Waals surface area contributed by atoms with Crippen LogP contribution in [0.3, 0.4) is 0 Å². The molecular formula is C25H35N3O2. The maximum atomic E-state index is 12.5. The number of fused-ring (bicyclic) bond motifs is 1. The second kappa shape index (κ2) is 9.09. The number of ether oxygens (including phenoxy) is 1. The Morgan fingerprint density at radius 1 is 1.10 bits per heavy atom. The summed E-state index contributed by atoms with van der Waals surface area (Å²) in [5.74, 6) is 1.67. The lowest BCUT2D eigenvalue weighted by atomic mass is 9.86. The Bertz CT molecular complexity index is 917. The number of carbonyl (C=O) groups excluding carboxylic acids is 1. The van der Waals surface area contributed by atoms with Gasteiger partial charge in [-0.15, -0.1) is 0 Å². The molecule has 1 aliphatic rings. The molecule has 0 bridgehead atoms. The molecule has 162 valence electrons. The number of anilines is 1. The summed E-state index contributed by atoms with van der Waals surface area (Å²) in [6, 6.07) is 8.69. The molecule has 0 aromatic heterocycles.